The summed E-state index contributed by atoms with van der Waals surface area (Å²) in [5, 5.41) is 3.03. The van der Waals surface area contributed by atoms with Crippen molar-refractivity contribution >= 4 is 28.7 Å². The lowest BCUT2D eigenvalue weighted by atomic mass is 9.83. The van der Waals surface area contributed by atoms with Gasteiger partial charge in [0.05, 0.1) is 17.1 Å². The van der Waals surface area contributed by atoms with Gasteiger partial charge in [0.15, 0.2) is 5.82 Å². The first-order valence-electron chi connectivity index (χ1n) is 6.75. The predicted molar refractivity (Wildman–Crippen MR) is 79.8 cm³/mol. The third kappa shape index (κ3) is 3.24. The first-order valence-corrected chi connectivity index (χ1v) is 7.13. The smallest absolute Gasteiger partial charge is 0.169 e. The fourth-order valence-electron chi connectivity index (χ4n) is 2.63. The molecule has 0 bridgehead atoms. The van der Waals surface area contributed by atoms with E-state index in [0.717, 1.165) is 12.5 Å². The van der Waals surface area contributed by atoms with E-state index in [9.17, 15) is 4.39 Å². The van der Waals surface area contributed by atoms with Gasteiger partial charge in [0.2, 0.25) is 0 Å². The van der Waals surface area contributed by atoms with E-state index in [0.29, 0.717) is 11.6 Å². The summed E-state index contributed by atoms with van der Waals surface area (Å²) >= 11 is 5.80. The summed E-state index contributed by atoms with van der Waals surface area (Å²) in [5.74, 6) is 0.832. The second-order valence-electron chi connectivity index (χ2n) is 5.56. The Morgan fingerprint density at radius 1 is 1.26 bits per heavy atom. The molecule has 0 spiro atoms. The molecule has 1 fully saturated rings. The van der Waals surface area contributed by atoms with Crippen LogP contribution in [0.1, 0.15) is 32.6 Å². The van der Waals surface area contributed by atoms with Crippen molar-refractivity contribution in [2.24, 2.45) is 11.8 Å². The molecular formula is C14H21ClFN3. The van der Waals surface area contributed by atoms with Gasteiger partial charge in [0.25, 0.3) is 0 Å². The Kier molecular flexibility index (Phi) is 4.40. The number of benzene rings is 1. The van der Waals surface area contributed by atoms with Crippen molar-refractivity contribution in [1.29, 1.82) is 0 Å². The van der Waals surface area contributed by atoms with Gasteiger partial charge in [-0.1, -0.05) is 31.4 Å². The van der Waals surface area contributed by atoms with E-state index >= 15 is 0 Å². The van der Waals surface area contributed by atoms with E-state index in [2.05, 4.69) is 12.2 Å². The number of anilines is 3. The van der Waals surface area contributed by atoms with Gasteiger partial charge < -0.3 is 16.8 Å². The average molecular weight is 286 g/mol. The second kappa shape index (κ2) is 5.87. The highest BCUT2D eigenvalue weighted by Gasteiger charge is 2.20. The molecule has 0 saturated heterocycles. The molecule has 0 amide bonds. The van der Waals surface area contributed by atoms with Crippen LogP contribution in [0.25, 0.3) is 0 Å². The molecule has 5 N–H and O–H groups in total. The van der Waals surface area contributed by atoms with Crippen molar-refractivity contribution in [3.63, 3.8) is 0 Å². The summed E-state index contributed by atoms with van der Waals surface area (Å²) in [6, 6.07) is 1.50. The van der Waals surface area contributed by atoms with Crippen LogP contribution in [0.2, 0.25) is 5.02 Å². The summed E-state index contributed by atoms with van der Waals surface area (Å²) < 4.78 is 14.0. The van der Waals surface area contributed by atoms with Crippen LogP contribution >= 0.6 is 11.6 Å². The SMILES string of the molecule is CC1CCC(CNc2c(N)cc(N)c(Cl)c2F)CC1. The van der Waals surface area contributed by atoms with E-state index in [1.54, 1.807) is 0 Å². The zero-order valence-electron chi connectivity index (χ0n) is 11.2. The Balaban J connectivity index is 2.02. The first-order chi connectivity index (χ1) is 8.99. The Labute approximate surface area is 118 Å². The molecular weight excluding hydrogens is 265 g/mol. The zero-order valence-corrected chi connectivity index (χ0v) is 11.9. The van der Waals surface area contributed by atoms with Crippen LogP contribution in [-0.4, -0.2) is 6.54 Å². The quantitative estimate of drug-likeness (QED) is 0.739. The minimum atomic E-state index is -0.552. The van der Waals surface area contributed by atoms with Crippen LogP contribution in [0.4, 0.5) is 21.5 Å². The fourth-order valence-corrected chi connectivity index (χ4v) is 2.77. The van der Waals surface area contributed by atoms with Gasteiger partial charge in [-0.05, 0) is 30.7 Å². The fraction of sp³-hybridized carbons (Fsp3) is 0.571. The molecule has 19 heavy (non-hydrogen) atoms. The lowest BCUT2D eigenvalue weighted by Crippen LogP contribution is -2.21. The molecule has 106 valence electrons. The lowest BCUT2D eigenvalue weighted by Gasteiger charge is -2.27. The molecule has 5 heteroatoms. The third-order valence-electron chi connectivity index (χ3n) is 3.97. The summed E-state index contributed by atoms with van der Waals surface area (Å²) in [5.41, 5.74) is 12.1. The molecule has 0 unspecified atom stereocenters. The van der Waals surface area contributed by atoms with Crippen molar-refractivity contribution < 1.29 is 4.39 Å². The van der Waals surface area contributed by atoms with E-state index in [-0.39, 0.29) is 16.4 Å². The van der Waals surface area contributed by atoms with Crippen molar-refractivity contribution in [1.82, 2.24) is 0 Å². The maximum absolute atomic E-state index is 14.0. The van der Waals surface area contributed by atoms with Crippen LogP contribution in [-0.2, 0) is 0 Å². The number of rotatable bonds is 3. The van der Waals surface area contributed by atoms with Gasteiger partial charge in [-0.2, -0.15) is 0 Å². The van der Waals surface area contributed by atoms with Crippen molar-refractivity contribution in [2.75, 3.05) is 23.3 Å². The van der Waals surface area contributed by atoms with Crippen molar-refractivity contribution in [3.8, 4) is 0 Å². The van der Waals surface area contributed by atoms with Gasteiger partial charge in [0.1, 0.15) is 5.02 Å². The van der Waals surface area contributed by atoms with Crippen molar-refractivity contribution in [3.05, 3.63) is 16.9 Å². The number of halogens is 2. The van der Waals surface area contributed by atoms with Crippen LogP contribution in [0.15, 0.2) is 6.07 Å². The first kappa shape index (κ1) is 14.3. The lowest BCUT2D eigenvalue weighted by molar-refractivity contribution is 0.300. The highest BCUT2D eigenvalue weighted by atomic mass is 35.5. The van der Waals surface area contributed by atoms with E-state index in [1.165, 1.54) is 31.7 Å². The highest BCUT2D eigenvalue weighted by molar-refractivity contribution is 6.33. The van der Waals surface area contributed by atoms with Crippen LogP contribution in [0.3, 0.4) is 0 Å². The number of nitrogen functional groups attached to an aromatic ring is 2. The molecule has 0 heterocycles. The van der Waals surface area contributed by atoms with Gasteiger partial charge in [-0.25, -0.2) is 4.39 Å². The Morgan fingerprint density at radius 3 is 2.53 bits per heavy atom. The highest BCUT2D eigenvalue weighted by Crippen LogP contribution is 2.35. The number of hydrogen-bond acceptors (Lipinski definition) is 3. The number of nitrogens with one attached hydrogen (secondary N) is 1. The molecule has 1 aromatic carbocycles. The maximum atomic E-state index is 14.0. The molecule has 0 atom stereocenters. The molecule has 0 radical (unpaired) electrons. The number of nitrogens with two attached hydrogens (primary N) is 2. The Hall–Kier alpha value is -1.16. The molecule has 2 rings (SSSR count). The predicted octanol–water partition coefficient (Wildman–Crippen LogP) is 3.88. The molecule has 1 aliphatic rings. The minimum Gasteiger partial charge on any atom is -0.397 e. The summed E-state index contributed by atoms with van der Waals surface area (Å²) in [6.45, 7) is 3.01. The third-order valence-corrected chi connectivity index (χ3v) is 4.35. The molecule has 0 aromatic heterocycles. The molecule has 3 nitrogen and oxygen atoms in total. The van der Waals surface area contributed by atoms with Crippen molar-refractivity contribution in [2.45, 2.75) is 32.6 Å². The standard InChI is InChI=1S/C14H21ClFN3/c1-8-2-4-9(5-3-8)7-19-14-11(18)6-10(17)12(15)13(14)16/h6,8-9,19H,2-5,7,17-18H2,1H3. The minimum absolute atomic E-state index is 0.0611. The molecule has 1 aliphatic carbocycles. The van der Waals surface area contributed by atoms with Crippen LogP contribution in [0, 0.1) is 17.7 Å². The maximum Gasteiger partial charge on any atom is 0.169 e. The largest absolute Gasteiger partial charge is 0.397 e. The van der Waals surface area contributed by atoms with Gasteiger partial charge >= 0.3 is 0 Å². The summed E-state index contributed by atoms with van der Waals surface area (Å²) in [4.78, 5) is 0. The van der Waals surface area contributed by atoms with Crippen LogP contribution in [0.5, 0.6) is 0 Å². The topological polar surface area (TPSA) is 64.1 Å². The molecule has 1 saturated carbocycles. The van der Waals surface area contributed by atoms with E-state index < -0.39 is 5.82 Å². The summed E-state index contributed by atoms with van der Waals surface area (Å²) in [6.07, 6.45) is 4.84. The van der Waals surface area contributed by atoms with E-state index in [4.69, 9.17) is 23.1 Å². The molecule has 0 aliphatic heterocycles. The normalized spacial score (nSPS) is 23.3. The second-order valence-corrected chi connectivity index (χ2v) is 5.94. The zero-order chi connectivity index (χ0) is 14.0. The van der Waals surface area contributed by atoms with Crippen LogP contribution < -0.4 is 16.8 Å². The summed E-state index contributed by atoms with van der Waals surface area (Å²) in [7, 11) is 0. The number of hydrogen-bond donors (Lipinski definition) is 3. The van der Waals surface area contributed by atoms with Gasteiger partial charge in [-0.15, -0.1) is 0 Å². The van der Waals surface area contributed by atoms with Gasteiger partial charge in [0, 0.05) is 6.54 Å². The Bertz CT molecular complexity index is 456. The van der Waals surface area contributed by atoms with Gasteiger partial charge in [-0.3, -0.25) is 0 Å². The van der Waals surface area contributed by atoms with E-state index in [1.807, 2.05) is 0 Å². The molecule has 1 aromatic rings. The monoisotopic (exact) mass is 285 g/mol. The average Bonchev–Trinajstić information content (AvgIpc) is 2.38. The Morgan fingerprint density at radius 2 is 1.89 bits per heavy atom.